The fourth-order valence-electron chi connectivity index (χ4n) is 4.20. The first-order chi connectivity index (χ1) is 14.1. The number of hydrogen-bond acceptors (Lipinski definition) is 5. The van der Waals surface area contributed by atoms with Crippen molar-refractivity contribution in [2.45, 2.75) is 46.1 Å². The van der Waals surface area contributed by atoms with Gasteiger partial charge in [-0.2, -0.15) is 0 Å². The van der Waals surface area contributed by atoms with E-state index < -0.39 is 0 Å². The zero-order valence-electron chi connectivity index (χ0n) is 19.5. The summed E-state index contributed by atoms with van der Waals surface area (Å²) in [4.78, 5) is 12.5. The third-order valence-electron chi connectivity index (χ3n) is 5.87. The summed E-state index contributed by atoms with van der Waals surface area (Å²) >= 11 is 0. The van der Waals surface area contributed by atoms with Gasteiger partial charge in [0.25, 0.3) is 0 Å². The summed E-state index contributed by atoms with van der Waals surface area (Å²) in [6.07, 6.45) is 3.63. The van der Waals surface area contributed by atoms with Gasteiger partial charge in [0.1, 0.15) is 0 Å². The third-order valence-corrected chi connectivity index (χ3v) is 5.87. The highest BCUT2D eigenvalue weighted by molar-refractivity contribution is 5.79. The molecule has 7 heteroatoms. The van der Waals surface area contributed by atoms with Crippen LogP contribution in [-0.4, -0.2) is 112 Å². The number of aliphatic imine (C=N–C) groups is 1. The molecule has 2 saturated heterocycles. The van der Waals surface area contributed by atoms with Crippen molar-refractivity contribution in [3.63, 3.8) is 0 Å². The van der Waals surface area contributed by atoms with Gasteiger partial charge >= 0.3 is 0 Å². The van der Waals surface area contributed by atoms with Crippen LogP contribution in [0, 0.1) is 5.92 Å². The smallest absolute Gasteiger partial charge is 0.191 e. The summed E-state index contributed by atoms with van der Waals surface area (Å²) in [5.41, 5.74) is 0. The van der Waals surface area contributed by atoms with Crippen molar-refractivity contribution in [3.05, 3.63) is 0 Å². The number of likely N-dealkylation sites (N-methyl/N-ethyl adjacent to an activating group) is 1. The summed E-state index contributed by atoms with van der Waals surface area (Å²) in [5.74, 6) is 1.64. The predicted octanol–water partition coefficient (Wildman–Crippen LogP) is 1.32. The Morgan fingerprint density at radius 1 is 1.03 bits per heavy atom. The highest BCUT2D eigenvalue weighted by Gasteiger charge is 2.21. The molecule has 2 heterocycles. The highest BCUT2D eigenvalue weighted by Crippen LogP contribution is 2.14. The molecule has 0 aromatic heterocycles. The maximum Gasteiger partial charge on any atom is 0.191 e. The number of nitrogens with zero attached hydrogens (tertiary/aromatic N) is 4. The van der Waals surface area contributed by atoms with Crippen LogP contribution in [0.3, 0.4) is 0 Å². The van der Waals surface area contributed by atoms with E-state index in [0.717, 1.165) is 58.3 Å². The minimum Gasteiger partial charge on any atom is -0.379 e. The number of nitrogens with one attached hydrogen (secondary N) is 2. The van der Waals surface area contributed by atoms with Crippen LogP contribution in [0.4, 0.5) is 0 Å². The molecule has 1 atom stereocenters. The second kappa shape index (κ2) is 14.2. The molecule has 1 unspecified atom stereocenters. The fourth-order valence-corrected chi connectivity index (χ4v) is 4.20. The van der Waals surface area contributed by atoms with Crippen LogP contribution in [-0.2, 0) is 4.74 Å². The SMILES string of the molecule is CCNC(=NCC(CC(C)C)N1CCOCC1)NCCCN1CCCN(C)CC1. The minimum absolute atomic E-state index is 0.503. The summed E-state index contributed by atoms with van der Waals surface area (Å²) < 4.78 is 5.54. The lowest BCUT2D eigenvalue weighted by Crippen LogP contribution is -2.46. The predicted molar refractivity (Wildman–Crippen MR) is 123 cm³/mol. The second-order valence-electron chi connectivity index (χ2n) is 8.93. The van der Waals surface area contributed by atoms with E-state index in [4.69, 9.17) is 9.73 Å². The van der Waals surface area contributed by atoms with Gasteiger partial charge in [0.2, 0.25) is 0 Å². The van der Waals surface area contributed by atoms with Gasteiger partial charge in [-0.15, -0.1) is 0 Å². The van der Waals surface area contributed by atoms with E-state index in [2.05, 4.69) is 53.2 Å². The first-order valence-electron chi connectivity index (χ1n) is 11.8. The largest absolute Gasteiger partial charge is 0.379 e. The number of guanidine groups is 1. The zero-order chi connectivity index (χ0) is 20.9. The first kappa shape index (κ1) is 24.4. The highest BCUT2D eigenvalue weighted by atomic mass is 16.5. The van der Waals surface area contributed by atoms with Crippen molar-refractivity contribution in [2.24, 2.45) is 10.9 Å². The molecule has 0 bridgehead atoms. The number of morpholine rings is 1. The van der Waals surface area contributed by atoms with E-state index in [1.54, 1.807) is 0 Å². The monoisotopic (exact) mass is 410 g/mol. The molecule has 2 aliphatic rings. The van der Waals surface area contributed by atoms with Crippen LogP contribution in [0.5, 0.6) is 0 Å². The maximum atomic E-state index is 5.54. The van der Waals surface area contributed by atoms with Crippen LogP contribution in [0.15, 0.2) is 4.99 Å². The molecular weight excluding hydrogens is 364 g/mol. The lowest BCUT2D eigenvalue weighted by Gasteiger charge is -2.34. The Morgan fingerprint density at radius 2 is 1.83 bits per heavy atom. The van der Waals surface area contributed by atoms with Gasteiger partial charge in [0.15, 0.2) is 5.96 Å². The number of hydrogen-bond donors (Lipinski definition) is 2. The summed E-state index contributed by atoms with van der Waals surface area (Å²) in [6.45, 7) is 19.3. The Balaban J connectivity index is 1.77. The Labute approximate surface area is 179 Å². The van der Waals surface area contributed by atoms with Crippen molar-refractivity contribution in [2.75, 3.05) is 85.7 Å². The molecule has 0 aromatic rings. The zero-order valence-corrected chi connectivity index (χ0v) is 19.5. The summed E-state index contributed by atoms with van der Waals surface area (Å²) in [7, 11) is 2.23. The first-order valence-corrected chi connectivity index (χ1v) is 11.8. The second-order valence-corrected chi connectivity index (χ2v) is 8.93. The third kappa shape index (κ3) is 10.1. The van der Waals surface area contributed by atoms with Gasteiger partial charge in [-0.25, -0.2) is 0 Å². The van der Waals surface area contributed by atoms with Gasteiger partial charge in [-0.05, 0) is 58.8 Å². The van der Waals surface area contributed by atoms with Crippen molar-refractivity contribution >= 4 is 5.96 Å². The van der Waals surface area contributed by atoms with E-state index in [-0.39, 0.29) is 0 Å². The van der Waals surface area contributed by atoms with Gasteiger partial charge in [-0.3, -0.25) is 9.89 Å². The van der Waals surface area contributed by atoms with E-state index in [1.165, 1.54) is 45.6 Å². The van der Waals surface area contributed by atoms with E-state index in [0.29, 0.717) is 12.0 Å². The lowest BCUT2D eigenvalue weighted by atomic mass is 10.0. The van der Waals surface area contributed by atoms with Crippen LogP contribution < -0.4 is 10.6 Å². The molecule has 0 radical (unpaired) electrons. The van der Waals surface area contributed by atoms with E-state index >= 15 is 0 Å². The quantitative estimate of drug-likeness (QED) is 0.322. The lowest BCUT2D eigenvalue weighted by molar-refractivity contribution is 0.0143. The van der Waals surface area contributed by atoms with Gasteiger partial charge in [-0.1, -0.05) is 13.8 Å². The van der Waals surface area contributed by atoms with Crippen LogP contribution in [0.25, 0.3) is 0 Å². The van der Waals surface area contributed by atoms with Crippen molar-refractivity contribution in [1.82, 2.24) is 25.3 Å². The average Bonchev–Trinajstić information content (AvgIpc) is 2.92. The molecule has 0 aromatic carbocycles. The average molecular weight is 411 g/mol. The van der Waals surface area contributed by atoms with Crippen LogP contribution in [0.2, 0.25) is 0 Å². The van der Waals surface area contributed by atoms with Gasteiger partial charge in [0.05, 0.1) is 19.8 Å². The van der Waals surface area contributed by atoms with E-state index in [9.17, 15) is 0 Å². The Morgan fingerprint density at radius 3 is 2.55 bits per heavy atom. The van der Waals surface area contributed by atoms with Crippen molar-refractivity contribution < 1.29 is 4.74 Å². The number of rotatable bonds is 10. The molecule has 2 N–H and O–H groups in total. The Hall–Kier alpha value is -0.890. The van der Waals surface area contributed by atoms with Gasteiger partial charge < -0.3 is 25.2 Å². The Bertz CT molecular complexity index is 453. The topological polar surface area (TPSA) is 55.4 Å². The minimum atomic E-state index is 0.503. The summed E-state index contributed by atoms with van der Waals surface area (Å²) in [6, 6.07) is 0.503. The maximum absolute atomic E-state index is 5.54. The summed E-state index contributed by atoms with van der Waals surface area (Å²) in [5, 5.41) is 6.98. The van der Waals surface area contributed by atoms with Crippen LogP contribution in [0.1, 0.15) is 40.0 Å². The Kier molecular flexibility index (Phi) is 11.9. The standard InChI is InChI=1S/C22H46N6O/c1-5-23-22(24-8-6-10-27-11-7-9-26(4)12-13-27)25-19-21(18-20(2)3)28-14-16-29-17-15-28/h20-21H,5-19H2,1-4H3,(H2,23,24,25). The molecule has 0 amide bonds. The van der Waals surface area contributed by atoms with Gasteiger partial charge in [0, 0.05) is 45.3 Å². The molecule has 2 fully saturated rings. The molecule has 0 spiro atoms. The van der Waals surface area contributed by atoms with E-state index in [1.807, 2.05) is 0 Å². The number of ether oxygens (including phenoxy) is 1. The van der Waals surface area contributed by atoms with Crippen molar-refractivity contribution in [1.29, 1.82) is 0 Å². The fraction of sp³-hybridized carbons (Fsp3) is 0.955. The molecule has 170 valence electrons. The van der Waals surface area contributed by atoms with Crippen LogP contribution >= 0.6 is 0 Å². The normalized spacial score (nSPS) is 21.9. The molecule has 2 aliphatic heterocycles. The molecule has 29 heavy (non-hydrogen) atoms. The molecule has 2 rings (SSSR count). The molecule has 0 saturated carbocycles. The molecular formula is C22H46N6O. The molecule has 0 aliphatic carbocycles. The molecule has 7 nitrogen and oxygen atoms in total. The van der Waals surface area contributed by atoms with Crippen molar-refractivity contribution in [3.8, 4) is 0 Å².